The first-order valence-corrected chi connectivity index (χ1v) is 6.61. The van der Waals surface area contributed by atoms with Gasteiger partial charge in [-0.1, -0.05) is 17.7 Å². The third-order valence-electron chi connectivity index (χ3n) is 3.04. The van der Waals surface area contributed by atoms with Crippen molar-refractivity contribution in [3.8, 4) is 0 Å². The van der Waals surface area contributed by atoms with Crippen LogP contribution in [-0.4, -0.2) is 20.6 Å². The van der Waals surface area contributed by atoms with Gasteiger partial charge in [-0.3, -0.25) is 19.6 Å². The zero-order valence-corrected chi connectivity index (χ0v) is 12.5. The first-order valence-electron chi connectivity index (χ1n) is 6.23. The Balaban J connectivity index is 2.18. The summed E-state index contributed by atoms with van der Waals surface area (Å²) in [5.41, 5.74) is 0.267. The van der Waals surface area contributed by atoms with Crippen molar-refractivity contribution < 1.29 is 14.1 Å². The number of anilines is 1. The van der Waals surface area contributed by atoms with E-state index in [-0.39, 0.29) is 34.3 Å². The van der Waals surface area contributed by atoms with E-state index >= 15 is 0 Å². The van der Waals surface area contributed by atoms with E-state index in [1.165, 1.54) is 36.7 Å². The van der Waals surface area contributed by atoms with Crippen LogP contribution in [-0.2, 0) is 11.3 Å². The molecule has 0 fully saturated rings. The number of hydrogen-bond donors (Lipinski definition) is 1. The number of hydrogen-bond acceptors (Lipinski definition) is 4. The van der Waals surface area contributed by atoms with E-state index in [0.717, 1.165) is 0 Å². The van der Waals surface area contributed by atoms with Crippen LogP contribution in [0.15, 0.2) is 18.2 Å². The first-order chi connectivity index (χ1) is 10.3. The molecule has 1 aromatic carbocycles. The van der Waals surface area contributed by atoms with Gasteiger partial charge in [0.15, 0.2) is 5.82 Å². The summed E-state index contributed by atoms with van der Waals surface area (Å²) in [6, 6.07) is 4.22. The molecular formula is C13H12ClFN4O3. The van der Waals surface area contributed by atoms with Crippen molar-refractivity contribution in [2.75, 3.05) is 5.32 Å². The standard InChI is InChI=1S/C13H12ClFN4O3/c1-7-13(19(21)22)8(2)18(17-7)6-11(20)16-10-5-3-4-9(14)12(10)15/h3-5H,6H2,1-2H3,(H,16,20). The third kappa shape index (κ3) is 3.06. The normalized spacial score (nSPS) is 10.5. The highest BCUT2D eigenvalue weighted by atomic mass is 35.5. The van der Waals surface area contributed by atoms with Crippen molar-refractivity contribution in [1.82, 2.24) is 9.78 Å². The lowest BCUT2D eigenvalue weighted by Crippen LogP contribution is -2.21. The molecule has 0 spiro atoms. The van der Waals surface area contributed by atoms with Gasteiger partial charge < -0.3 is 5.32 Å². The van der Waals surface area contributed by atoms with Crippen molar-refractivity contribution in [1.29, 1.82) is 0 Å². The van der Waals surface area contributed by atoms with Crippen LogP contribution in [0.4, 0.5) is 15.8 Å². The summed E-state index contributed by atoms with van der Waals surface area (Å²) >= 11 is 5.62. The maximum atomic E-state index is 13.7. The number of benzene rings is 1. The van der Waals surface area contributed by atoms with Crippen molar-refractivity contribution in [3.63, 3.8) is 0 Å². The van der Waals surface area contributed by atoms with Crippen LogP contribution in [0, 0.1) is 29.8 Å². The average Bonchev–Trinajstić information content (AvgIpc) is 2.69. The van der Waals surface area contributed by atoms with Crippen molar-refractivity contribution in [2.24, 2.45) is 0 Å². The fourth-order valence-electron chi connectivity index (χ4n) is 2.03. The number of halogens is 2. The number of nitrogens with one attached hydrogen (secondary N) is 1. The van der Waals surface area contributed by atoms with Gasteiger partial charge in [0, 0.05) is 0 Å². The van der Waals surface area contributed by atoms with E-state index in [1.54, 1.807) is 0 Å². The molecule has 2 rings (SSSR count). The molecule has 0 unspecified atom stereocenters. The first kappa shape index (κ1) is 15.9. The van der Waals surface area contributed by atoms with Gasteiger partial charge in [-0.25, -0.2) is 4.39 Å². The largest absolute Gasteiger partial charge is 0.322 e. The Morgan fingerprint density at radius 1 is 1.50 bits per heavy atom. The number of aryl methyl sites for hydroxylation is 1. The summed E-state index contributed by atoms with van der Waals surface area (Å²) in [7, 11) is 0. The highest BCUT2D eigenvalue weighted by Crippen LogP contribution is 2.23. The van der Waals surface area contributed by atoms with Crippen molar-refractivity contribution in [2.45, 2.75) is 20.4 Å². The lowest BCUT2D eigenvalue weighted by Gasteiger charge is -2.08. The van der Waals surface area contributed by atoms with Gasteiger partial charge in [0.1, 0.15) is 17.9 Å². The fourth-order valence-corrected chi connectivity index (χ4v) is 2.21. The van der Waals surface area contributed by atoms with E-state index in [9.17, 15) is 19.3 Å². The molecule has 22 heavy (non-hydrogen) atoms. The van der Waals surface area contributed by atoms with Gasteiger partial charge in [0.25, 0.3) is 0 Å². The molecule has 2 aromatic rings. The van der Waals surface area contributed by atoms with Crippen molar-refractivity contribution in [3.05, 3.63) is 50.5 Å². The average molecular weight is 327 g/mol. The highest BCUT2D eigenvalue weighted by Gasteiger charge is 2.23. The highest BCUT2D eigenvalue weighted by molar-refractivity contribution is 6.31. The second-order valence-corrected chi connectivity index (χ2v) is 4.99. The Labute approximate surface area is 129 Å². The van der Waals surface area contributed by atoms with E-state index < -0.39 is 16.6 Å². The number of nitro groups is 1. The number of carbonyl (C=O) groups excluding carboxylic acids is 1. The summed E-state index contributed by atoms with van der Waals surface area (Å²) in [5, 5.41) is 17.1. The third-order valence-corrected chi connectivity index (χ3v) is 3.34. The molecule has 0 atom stereocenters. The molecule has 0 saturated carbocycles. The Kier molecular flexibility index (Phi) is 4.41. The van der Waals surface area contributed by atoms with Crippen LogP contribution >= 0.6 is 11.6 Å². The molecule has 0 aliphatic carbocycles. The van der Waals surface area contributed by atoms with E-state index in [4.69, 9.17) is 11.6 Å². The van der Waals surface area contributed by atoms with Gasteiger partial charge >= 0.3 is 5.69 Å². The number of rotatable bonds is 4. The smallest absolute Gasteiger partial charge is 0.312 e. The van der Waals surface area contributed by atoms with Crippen LogP contribution in [0.2, 0.25) is 5.02 Å². The maximum Gasteiger partial charge on any atom is 0.312 e. The Morgan fingerprint density at radius 3 is 2.77 bits per heavy atom. The summed E-state index contributed by atoms with van der Waals surface area (Å²) in [6.07, 6.45) is 0. The van der Waals surface area contributed by atoms with E-state index in [1.807, 2.05) is 0 Å². The van der Waals surface area contributed by atoms with Crippen LogP contribution in [0.5, 0.6) is 0 Å². The summed E-state index contributed by atoms with van der Waals surface area (Å²) < 4.78 is 14.9. The Hall–Kier alpha value is -2.48. The molecular weight excluding hydrogens is 315 g/mol. The zero-order valence-electron chi connectivity index (χ0n) is 11.8. The minimum Gasteiger partial charge on any atom is -0.322 e. The minimum absolute atomic E-state index is 0.0615. The Bertz CT molecular complexity index is 760. The predicted molar refractivity (Wildman–Crippen MR) is 78.4 cm³/mol. The van der Waals surface area contributed by atoms with Gasteiger partial charge in [0.2, 0.25) is 5.91 Å². The maximum absolute atomic E-state index is 13.7. The van der Waals surface area contributed by atoms with Crippen LogP contribution < -0.4 is 5.32 Å². The zero-order chi connectivity index (χ0) is 16.4. The summed E-state index contributed by atoms with van der Waals surface area (Å²) in [6.45, 7) is 2.70. The number of aromatic nitrogens is 2. The molecule has 9 heteroatoms. The van der Waals surface area contributed by atoms with Gasteiger partial charge in [-0.2, -0.15) is 5.10 Å². The SMILES string of the molecule is Cc1nn(CC(=O)Nc2cccc(Cl)c2F)c(C)c1[N+](=O)[O-]. The molecule has 116 valence electrons. The molecule has 1 aromatic heterocycles. The lowest BCUT2D eigenvalue weighted by molar-refractivity contribution is -0.386. The lowest BCUT2D eigenvalue weighted by atomic mass is 10.3. The minimum atomic E-state index is -0.739. The molecule has 1 heterocycles. The Morgan fingerprint density at radius 2 is 2.18 bits per heavy atom. The number of nitrogens with zero attached hydrogens (tertiary/aromatic N) is 3. The van der Waals surface area contributed by atoms with Crippen LogP contribution in [0.1, 0.15) is 11.4 Å². The molecule has 0 radical (unpaired) electrons. The van der Waals surface area contributed by atoms with Crippen LogP contribution in [0.3, 0.4) is 0 Å². The van der Waals surface area contributed by atoms with Crippen molar-refractivity contribution >= 4 is 28.9 Å². The predicted octanol–water partition coefficient (Wildman–Crippen LogP) is 2.84. The number of amides is 1. The molecule has 1 amide bonds. The molecule has 0 aliphatic rings. The van der Waals surface area contributed by atoms with Gasteiger partial charge in [0.05, 0.1) is 15.6 Å². The molecule has 0 aliphatic heterocycles. The van der Waals surface area contributed by atoms with Crippen LogP contribution in [0.25, 0.3) is 0 Å². The fraction of sp³-hybridized carbons (Fsp3) is 0.231. The monoisotopic (exact) mass is 326 g/mol. The van der Waals surface area contributed by atoms with E-state index in [2.05, 4.69) is 10.4 Å². The molecule has 0 bridgehead atoms. The summed E-state index contributed by atoms with van der Waals surface area (Å²) in [4.78, 5) is 22.3. The summed E-state index contributed by atoms with van der Waals surface area (Å²) in [5.74, 6) is -1.31. The van der Waals surface area contributed by atoms with Gasteiger partial charge in [-0.05, 0) is 26.0 Å². The van der Waals surface area contributed by atoms with Gasteiger partial charge in [-0.15, -0.1) is 0 Å². The topological polar surface area (TPSA) is 90.1 Å². The second kappa shape index (κ2) is 6.10. The molecule has 7 nitrogen and oxygen atoms in total. The number of carbonyl (C=O) groups is 1. The quantitative estimate of drug-likeness (QED) is 0.691. The second-order valence-electron chi connectivity index (χ2n) is 4.58. The molecule has 1 N–H and O–H groups in total. The van der Waals surface area contributed by atoms with E-state index in [0.29, 0.717) is 0 Å². The molecule has 0 saturated heterocycles.